The van der Waals surface area contributed by atoms with Crippen molar-refractivity contribution < 1.29 is 10.2 Å². The molecule has 0 bridgehead atoms. The summed E-state index contributed by atoms with van der Waals surface area (Å²) in [6, 6.07) is 7.29. The van der Waals surface area contributed by atoms with Crippen LogP contribution in [0.3, 0.4) is 0 Å². The Bertz CT molecular complexity index is 288. The standard InChI is InChI=1S/C11H17NO2/c1-8(7-13)12-9(2)10-5-3-4-6-11(10)14/h3-6,8-9,12-14H,7H2,1-2H3/t8-,9?/m1/s1. The lowest BCUT2D eigenvalue weighted by Gasteiger charge is -2.19. The molecule has 2 atom stereocenters. The SMILES string of the molecule is CC(N[C@H](C)CO)c1ccccc1O. The second kappa shape index (κ2) is 4.98. The summed E-state index contributed by atoms with van der Waals surface area (Å²) in [4.78, 5) is 0. The van der Waals surface area contributed by atoms with Crippen LogP contribution in [-0.4, -0.2) is 22.9 Å². The van der Waals surface area contributed by atoms with Crippen LogP contribution in [0.2, 0.25) is 0 Å². The topological polar surface area (TPSA) is 52.5 Å². The highest BCUT2D eigenvalue weighted by atomic mass is 16.3. The molecule has 3 heteroatoms. The van der Waals surface area contributed by atoms with Gasteiger partial charge in [-0.25, -0.2) is 0 Å². The first-order valence-corrected chi connectivity index (χ1v) is 4.80. The third-order valence-electron chi connectivity index (χ3n) is 2.21. The van der Waals surface area contributed by atoms with Gasteiger partial charge in [-0.05, 0) is 19.9 Å². The number of nitrogens with one attached hydrogen (secondary N) is 1. The number of para-hydroxylation sites is 1. The number of hydrogen-bond donors (Lipinski definition) is 3. The number of rotatable bonds is 4. The molecule has 3 nitrogen and oxygen atoms in total. The molecule has 0 aliphatic carbocycles. The van der Waals surface area contributed by atoms with Gasteiger partial charge in [0, 0.05) is 17.6 Å². The molecule has 0 radical (unpaired) electrons. The van der Waals surface area contributed by atoms with Crippen LogP contribution in [0, 0.1) is 0 Å². The monoisotopic (exact) mass is 195 g/mol. The molecule has 1 aromatic carbocycles. The summed E-state index contributed by atoms with van der Waals surface area (Å²) in [5.41, 5.74) is 0.854. The van der Waals surface area contributed by atoms with Crippen molar-refractivity contribution in [1.29, 1.82) is 0 Å². The Morgan fingerprint density at radius 2 is 1.93 bits per heavy atom. The van der Waals surface area contributed by atoms with E-state index < -0.39 is 0 Å². The number of aliphatic hydroxyl groups excluding tert-OH is 1. The van der Waals surface area contributed by atoms with Crippen LogP contribution < -0.4 is 5.32 Å². The van der Waals surface area contributed by atoms with Gasteiger partial charge in [-0.3, -0.25) is 0 Å². The molecule has 0 aromatic heterocycles. The Balaban J connectivity index is 2.69. The highest BCUT2D eigenvalue weighted by Crippen LogP contribution is 2.23. The Labute approximate surface area is 84.4 Å². The van der Waals surface area contributed by atoms with Crippen LogP contribution >= 0.6 is 0 Å². The van der Waals surface area contributed by atoms with Gasteiger partial charge in [0.05, 0.1) is 6.61 Å². The molecule has 1 unspecified atom stereocenters. The summed E-state index contributed by atoms with van der Waals surface area (Å²) >= 11 is 0. The molecule has 0 fully saturated rings. The van der Waals surface area contributed by atoms with Gasteiger partial charge in [-0.2, -0.15) is 0 Å². The van der Waals surface area contributed by atoms with Crippen LogP contribution in [0.5, 0.6) is 5.75 Å². The second-order valence-corrected chi connectivity index (χ2v) is 3.53. The van der Waals surface area contributed by atoms with Crippen LogP contribution in [0.15, 0.2) is 24.3 Å². The van der Waals surface area contributed by atoms with E-state index in [-0.39, 0.29) is 24.4 Å². The zero-order valence-electron chi connectivity index (χ0n) is 8.57. The van der Waals surface area contributed by atoms with E-state index in [2.05, 4.69) is 5.32 Å². The molecule has 0 aliphatic rings. The van der Waals surface area contributed by atoms with Crippen molar-refractivity contribution in [3.63, 3.8) is 0 Å². The molecule has 0 amide bonds. The van der Waals surface area contributed by atoms with E-state index >= 15 is 0 Å². The minimum absolute atomic E-state index is 0.0320. The normalized spacial score (nSPS) is 15.1. The largest absolute Gasteiger partial charge is 0.508 e. The van der Waals surface area contributed by atoms with Crippen molar-refractivity contribution in [1.82, 2.24) is 5.32 Å². The number of aromatic hydroxyl groups is 1. The zero-order chi connectivity index (χ0) is 10.6. The third-order valence-corrected chi connectivity index (χ3v) is 2.21. The molecule has 0 aliphatic heterocycles. The summed E-state index contributed by atoms with van der Waals surface area (Å²) < 4.78 is 0. The molecule has 1 aromatic rings. The maximum Gasteiger partial charge on any atom is 0.120 e. The van der Waals surface area contributed by atoms with E-state index in [9.17, 15) is 5.11 Å². The number of aliphatic hydroxyl groups is 1. The van der Waals surface area contributed by atoms with Crippen molar-refractivity contribution in [3.05, 3.63) is 29.8 Å². The van der Waals surface area contributed by atoms with Crippen molar-refractivity contribution in [3.8, 4) is 5.75 Å². The average Bonchev–Trinajstić information content (AvgIpc) is 2.18. The molecular formula is C11H17NO2. The lowest BCUT2D eigenvalue weighted by molar-refractivity contribution is 0.242. The number of phenolic OH excluding ortho intramolecular Hbond substituents is 1. The highest BCUT2D eigenvalue weighted by molar-refractivity contribution is 5.34. The van der Waals surface area contributed by atoms with Crippen LogP contribution in [-0.2, 0) is 0 Å². The maximum absolute atomic E-state index is 9.56. The molecule has 1 rings (SSSR count). The van der Waals surface area contributed by atoms with E-state index in [0.29, 0.717) is 0 Å². The van der Waals surface area contributed by atoms with Crippen molar-refractivity contribution >= 4 is 0 Å². The molecule has 0 saturated carbocycles. The Hall–Kier alpha value is -1.06. The van der Waals surface area contributed by atoms with Gasteiger partial charge in [-0.15, -0.1) is 0 Å². The van der Waals surface area contributed by atoms with Gasteiger partial charge < -0.3 is 15.5 Å². The fraction of sp³-hybridized carbons (Fsp3) is 0.455. The Morgan fingerprint density at radius 1 is 1.29 bits per heavy atom. The molecule has 0 saturated heterocycles. The van der Waals surface area contributed by atoms with Gasteiger partial charge >= 0.3 is 0 Å². The van der Waals surface area contributed by atoms with Gasteiger partial charge in [0.1, 0.15) is 5.75 Å². The van der Waals surface area contributed by atoms with Crippen molar-refractivity contribution in [2.45, 2.75) is 25.9 Å². The van der Waals surface area contributed by atoms with Crippen LogP contribution in [0.25, 0.3) is 0 Å². The van der Waals surface area contributed by atoms with Crippen molar-refractivity contribution in [2.75, 3.05) is 6.61 Å². The fourth-order valence-electron chi connectivity index (χ4n) is 1.42. The molecule has 3 N–H and O–H groups in total. The van der Waals surface area contributed by atoms with E-state index in [1.54, 1.807) is 12.1 Å². The number of phenols is 1. The highest BCUT2D eigenvalue weighted by Gasteiger charge is 2.11. The molecular weight excluding hydrogens is 178 g/mol. The first-order valence-electron chi connectivity index (χ1n) is 4.80. The van der Waals surface area contributed by atoms with Crippen molar-refractivity contribution in [2.24, 2.45) is 0 Å². The minimum Gasteiger partial charge on any atom is -0.508 e. The maximum atomic E-state index is 9.56. The Kier molecular flexibility index (Phi) is 3.92. The van der Waals surface area contributed by atoms with Gasteiger partial charge in [0.25, 0.3) is 0 Å². The fourth-order valence-corrected chi connectivity index (χ4v) is 1.42. The van der Waals surface area contributed by atoms with E-state index in [1.165, 1.54) is 0 Å². The van der Waals surface area contributed by atoms with Crippen LogP contribution in [0.1, 0.15) is 25.5 Å². The first-order chi connectivity index (χ1) is 6.65. The van der Waals surface area contributed by atoms with Crippen LogP contribution in [0.4, 0.5) is 0 Å². The zero-order valence-corrected chi connectivity index (χ0v) is 8.57. The van der Waals surface area contributed by atoms with E-state index in [0.717, 1.165) is 5.56 Å². The van der Waals surface area contributed by atoms with Gasteiger partial charge in [0.15, 0.2) is 0 Å². The molecule has 0 heterocycles. The third kappa shape index (κ3) is 2.72. The number of benzene rings is 1. The first kappa shape index (κ1) is 11.0. The van der Waals surface area contributed by atoms with Gasteiger partial charge in [0.2, 0.25) is 0 Å². The van der Waals surface area contributed by atoms with E-state index in [4.69, 9.17) is 5.11 Å². The summed E-state index contributed by atoms with van der Waals surface area (Å²) in [6.45, 7) is 3.95. The summed E-state index contributed by atoms with van der Waals surface area (Å²) in [7, 11) is 0. The summed E-state index contributed by atoms with van der Waals surface area (Å²) in [6.07, 6.45) is 0. The van der Waals surface area contributed by atoms with Gasteiger partial charge in [-0.1, -0.05) is 18.2 Å². The predicted molar refractivity (Wildman–Crippen MR) is 56.2 cm³/mol. The summed E-state index contributed by atoms with van der Waals surface area (Å²) in [5, 5.41) is 21.6. The smallest absolute Gasteiger partial charge is 0.120 e. The number of hydrogen-bond acceptors (Lipinski definition) is 3. The molecule has 0 spiro atoms. The Morgan fingerprint density at radius 3 is 2.50 bits per heavy atom. The lowest BCUT2D eigenvalue weighted by atomic mass is 10.1. The minimum atomic E-state index is 0.0320. The van der Waals surface area contributed by atoms with E-state index in [1.807, 2.05) is 26.0 Å². The average molecular weight is 195 g/mol. The summed E-state index contributed by atoms with van der Waals surface area (Å²) in [5.74, 6) is 0.289. The second-order valence-electron chi connectivity index (χ2n) is 3.53. The lowest BCUT2D eigenvalue weighted by Crippen LogP contribution is -2.31. The molecule has 14 heavy (non-hydrogen) atoms. The quantitative estimate of drug-likeness (QED) is 0.681. The predicted octanol–water partition coefficient (Wildman–Crippen LogP) is 1.42. The molecule has 78 valence electrons.